The van der Waals surface area contributed by atoms with Crippen LogP contribution in [-0.2, 0) is 14.3 Å². The van der Waals surface area contributed by atoms with Gasteiger partial charge in [0.2, 0.25) is 0 Å². The van der Waals surface area contributed by atoms with Crippen LogP contribution in [0.3, 0.4) is 0 Å². The van der Waals surface area contributed by atoms with Crippen LogP contribution in [0.25, 0.3) is 0 Å². The molecule has 1 rings (SSSR count). The van der Waals surface area contributed by atoms with Crippen molar-refractivity contribution < 1.29 is 23.8 Å². The molecule has 0 saturated carbocycles. The third-order valence-corrected chi connectivity index (χ3v) is 4.27. The first-order chi connectivity index (χ1) is 12.9. The van der Waals surface area contributed by atoms with Crippen LogP contribution in [0.5, 0.6) is 5.75 Å². The van der Waals surface area contributed by atoms with Crippen molar-refractivity contribution in [3.8, 4) is 5.75 Å². The molecule has 1 aromatic rings. The quantitative estimate of drug-likeness (QED) is 0.425. The second kappa shape index (κ2) is 11.6. The number of rotatable bonds is 12. The normalized spacial score (nSPS) is 12.9. The number of hydrogen-bond donors (Lipinski definition) is 1. The first-order valence-electron chi connectivity index (χ1n) is 9.81. The lowest BCUT2D eigenvalue weighted by Gasteiger charge is -2.27. The van der Waals surface area contributed by atoms with Crippen LogP contribution in [0.2, 0.25) is 0 Å². The van der Waals surface area contributed by atoms with Gasteiger partial charge in [-0.2, -0.15) is 0 Å². The molecule has 0 aliphatic carbocycles. The average molecular weight is 379 g/mol. The number of ether oxygens (including phenoxy) is 3. The van der Waals surface area contributed by atoms with Crippen molar-refractivity contribution in [3.05, 3.63) is 23.8 Å². The van der Waals surface area contributed by atoms with E-state index in [9.17, 15) is 9.59 Å². The molecule has 0 saturated heterocycles. The summed E-state index contributed by atoms with van der Waals surface area (Å²) in [5, 5.41) is 2.85. The molecule has 0 aliphatic heterocycles. The molecule has 152 valence electrons. The molecule has 6 nitrogen and oxygen atoms in total. The monoisotopic (exact) mass is 379 g/mol. The van der Waals surface area contributed by atoms with E-state index in [4.69, 9.17) is 14.2 Å². The van der Waals surface area contributed by atoms with Crippen LogP contribution in [0, 0.1) is 0 Å². The lowest BCUT2D eigenvalue weighted by Crippen LogP contribution is -2.42. The fraction of sp³-hybridized carbons (Fsp3) is 0.619. The highest BCUT2D eigenvalue weighted by atomic mass is 16.5. The average Bonchev–Trinajstić information content (AvgIpc) is 2.67. The molecule has 27 heavy (non-hydrogen) atoms. The molecule has 0 heterocycles. The molecule has 0 aliphatic rings. The molecular formula is C21H33NO5. The first kappa shape index (κ1) is 23.0. The smallest absolute Gasteiger partial charge is 0.341 e. The molecule has 0 fully saturated rings. The number of esters is 1. The Balaban J connectivity index is 3.02. The van der Waals surface area contributed by atoms with Crippen molar-refractivity contribution in [2.75, 3.05) is 25.1 Å². The number of hydrogen-bond acceptors (Lipinski definition) is 5. The van der Waals surface area contributed by atoms with Gasteiger partial charge in [0.25, 0.3) is 5.91 Å². The van der Waals surface area contributed by atoms with Gasteiger partial charge in [-0.1, -0.05) is 27.2 Å². The third kappa shape index (κ3) is 6.86. The zero-order valence-electron chi connectivity index (χ0n) is 17.2. The van der Waals surface area contributed by atoms with Gasteiger partial charge in [0, 0.05) is 12.3 Å². The topological polar surface area (TPSA) is 73.9 Å². The van der Waals surface area contributed by atoms with Crippen LogP contribution in [0.15, 0.2) is 18.2 Å². The van der Waals surface area contributed by atoms with Crippen molar-refractivity contribution >= 4 is 17.6 Å². The molecule has 0 radical (unpaired) electrons. The molecule has 1 amide bonds. The predicted octanol–water partition coefficient (Wildman–Crippen LogP) is 4.58. The summed E-state index contributed by atoms with van der Waals surface area (Å²) in [6, 6.07) is 5.00. The second-order valence-electron chi connectivity index (χ2n) is 6.52. The van der Waals surface area contributed by atoms with Crippen LogP contribution in [-0.4, -0.2) is 37.3 Å². The number of anilines is 1. The van der Waals surface area contributed by atoms with Gasteiger partial charge in [-0.15, -0.1) is 0 Å². The maximum Gasteiger partial charge on any atom is 0.341 e. The van der Waals surface area contributed by atoms with E-state index in [2.05, 4.69) is 12.2 Å². The zero-order valence-corrected chi connectivity index (χ0v) is 17.2. The van der Waals surface area contributed by atoms with Gasteiger partial charge < -0.3 is 19.5 Å². The summed E-state index contributed by atoms with van der Waals surface area (Å²) in [4.78, 5) is 25.0. The van der Waals surface area contributed by atoms with Crippen molar-refractivity contribution in [3.63, 3.8) is 0 Å². The van der Waals surface area contributed by atoms with E-state index < -0.39 is 11.6 Å². The Labute approximate surface area is 162 Å². The summed E-state index contributed by atoms with van der Waals surface area (Å²) in [6.45, 7) is 10.8. The third-order valence-electron chi connectivity index (χ3n) is 4.27. The lowest BCUT2D eigenvalue weighted by molar-refractivity contribution is -0.139. The van der Waals surface area contributed by atoms with Gasteiger partial charge in [0.05, 0.1) is 13.2 Å². The zero-order chi connectivity index (χ0) is 20.3. The second-order valence-corrected chi connectivity index (χ2v) is 6.52. The molecule has 1 aromatic carbocycles. The van der Waals surface area contributed by atoms with Crippen molar-refractivity contribution in [2.24, 2.45) is 0 Å². The molecule has 1 atom stereocenters. The Morgan fingerprint density at radius 1 is 1.07 bits per heavy atom. The fourth-order valence-electron chi connectivity index (χ4n) is 2.35. The van der Waals surface area contributed by atoms with Crippen molar-refractivity contribution in [2.45, 2.75) is 65.9 Å². The number of nitrogens with one attached hydrogen (secondary N) is 1. The summed E-state index contributed by atoms with van der Waals surface area (Å²) in [5.74, 6) is -0.256. The van der Waals surface area contributed by atoms with Gasteiger partial charge in [-0.05, 0) is 51.3 Å². The Bertz CT molecular complexity index is 617. The van der Waals surface area contributed by atoms with Crippen LogP contribution < -0.4 is 10.1 Å². The van der Waals surface area contributed by atoms with E-state index >= 15 is 0 Å². The van der Waals surface area contributed by atoms with Gasteiger partial charge >= 0.3 is 5.97 Å². The van der Waals surface area contributed by atoms with E-state index in [1.165, 1.54) is 0 Å². The standard InChI is InChI=1S/C21H33NO5/c1-6-10-14-26-18-12-11-16(15-17(18)19(23)25-9-4)22-20(24)21(5,8-3)27-13-7-2/h11-12,15H,6-10,13-14H2,1-5H3,(H,22,24). The number of unbranched alkanes of at least 4 members (excludes halogenated alkanes) is 1. The van der Waals surface area contributed by atoms with E-state index in [0.29, 0.717) is 36.6 Å². The molecule has 0 spiro atoms. The first-order valence-corrected chi connectivity index (χ1v) is 9.81. The maximum atomic E-state index is 12.7. The Morgan fingerprint density at radius 3 is 2.41 bits per heavy atom. The molecule has 0 aromatic heterocycles. The molecule has 1 N–H and O–H groups in total. The Kier molecular flexibility index (Phi) is 9.86. The largest absolute Gasteiger partial charge is 0.493 e. The van der Waals surface area contributed by atoms with Gasteiger partial charge in [-0.25, -0.2) is 4.79 Å². The van der Waals surface area contributed by atoms with Crippen molar-refractivity contribution in [1.29, 1.82) is 0 Å². The summed E-state index contributed by atoms with van der Waals surface area (Å²) < 4.78 is 16.6. The number of amides is 1. The molecule has 6 heteroatoms. The Hall–Kier alpha value is -2.08. The molecule has 1 unspecified atom stereocenters. The summed E-state index contributed by atoms with van der Waals surface area (Å²) in [7, 11) is 0. The minimum atomic E-state index is -0.920. The summed E-state index contributed by atoms with van der Waals surface area (Å²) >= 11 is 0. The number of carbonyl (C=O) groups is 2. The van der Waals surface area contributed by atoms with Crippen LogP contribution in [0.1, 0.15) is 70.7 Å². The fourth-order valence-corrected chi connectivity index (χ4v) is 2.35. The lowest BCUT2D eigenvalue weighted by atomic mass is 10.0. The van der Waals surface area contributed by atoms with Gasteiger partial charge in [0.1, 0.15) is 16.9 Å². The summed E-state index contributed by atoms with van der Waals surface area (Å²) in [5.41, 5.74) is -0.111. The molecular weight excluding hydrogens is 346 g/mol. The SMILES string of the molecule is CCCCOc1ccc(NC(=O)C(C)(CC)OCCC)cc1C(=O)OCC. The predicted molar refractivity (Wildman–Crippen MR) is 106 cm³/mol. The maximum absolute atomic E-state index is 12.7. The van der Waals surface area contributed by atoms with E-state index in [1.54, 1.807) is 32.0 Å². The highest BCUT2D eigenvalue weighted by Crippen LogP contribution is 2.26. The van der Waals surface area contributed by atoms with E-state index in [1.807, 2.05) is 13.8 Å². The summed E-state index contributed by atoms with van der Waals surface area (Å²) in [6.07, 6.45) is 3.27. The number of benzene rings is 1. The highest BCUT2D eigenvalue weighted by Gasteiger charge is 2.32. The highest BCUT2D eigenvalue weighted by molar-refractivity contribution is 5.99. The minimum absolute atomic E-state index is 0.243. The minimum Gasteiger partial charge on any atom is -0.493 e. The van der Waals surface area contributed by atoms with Gasteiger partial charge in [-0.3, -0.25) is 4.79 Å². The van der Waals surface area contributed by atoms with Crippen LogP contribution in [0.4, 0.5) is 5.69 Å². The molecule has 0 bridgehead atoms. The van der Waals surface area contributed by atoms with Gasteiger partial charge in [0.15, 0.2) is 0 Å². The number of carbonyl (C=O) groups excluding carboxylic acids is 2. The van der Waals surface area contributed by atoms with Crippen molar-refractivity contribution in [1.82, 2.24) is 0 Å². The Morgan fingerprint density at radius 2 is 1.81 bits per heavy atom. The van der Waals surface area contributed by atoms with E-state index in [0.717, 1.165) is 19.3 Å². The van der Waals surface area contributed by atoms with Crippen LogP contribution >= 0.6 is 0 Å². The van der Waals surface area contributed by atoms with E-state index in [-0.39, 0.29) is 12.5 Å².